The summed E-state index contributed by atoms with van der Waals surface area (Å²) in [5.41, 5.74) is 1.49. The fraction of sp³-hybridized carbons (Fsp3) is 0.556. The average molecular weight is 138 g/mol. The van der Waals surface area contributed by atoms with Gasteiger partial charge in [-0.15, -0.1) is 0 Å². The van der Waals surface area contributed by atoms with Gasteiger partial charge in [-0.2, -0.15) is 0 Å². The van der Waals surface area contributed by atoms with E-state index in [0.717, 1.165) is 5.76 Å². The van der Waals surface area contributed by atoms with Gasteiger partial charge < -0.3 is 4.42 Å². The Morgan fingerprint density at radius 3 is 2.10 bits per heavy atom. The fourth-order valence-electron chi connectivity index (χ4n) is 0.837. The summed E-state index contributed by atoms with van der Waals surface area (Å²) in [4.78, 5) is 0. The molecule has 0 amide bonds. The number of rotatable bonds is 0. The molecule has 0 unspecified atom stereocenters. The molecule has 1 aromatic rings. The Labute approximate surface area is 62.1 Å². The minimum absolute atomic E-state index is 0.220. The lowest BCUT2D eigenvalue weighted by atomic mass is 9.89. The summed E-state index contributed by atoms with van der Waals surface area (Å²) in [5, 5.41) is 0. The highest BCUT2D eigenvalue weighted by atomic mass is 16.3. The van der Waals surface area contributed by atoms with E-state index in [2.05, 4.69) is 26.8 Å². The lowest BCUT2D eigenvalue weighted by Crippen LogP contribution is -2.08. The predicted molar refractivity (Wildman–Crippen MR) is 42.1 cm³/mol. The zero-order valence-electron chi connectivity index (χ0n) is 7.06. The highest BCUT2D eigenvalue weighted by molar-refractivity contribution is 5.19. The predicted octanol–water partition coefficient (Wildman–Crippen LogP) is 2.89. The third-order valence-electron chi connectivity index (χ3n) is 1.60. The Hall–Kier alpha value is -0.720. The molecule has 0 atom stereocenters. The Morgan fingerprint density at radius 1 is 1.30 bits per heavy atom. The van der Waals surface area contributed by atoms with Crippen LogP contribution < -0.4 is 0 Å². The molecule has 1 heteroatoms. The van der Waals surface area contributed by atoms with Gasteiger partial charge in [-0.3, -0.25) is 0 Å². The molecule has 1 nitrogen and oxygen atoms in total. The molecular formula is C9H14O. The van der Waals surface area contributed by atoms with Crippen molar-refractivity contribution in [3.63, 3.8) is 0 Å². The van der Waals surface area contributed by atoms with Crippen molar-refractivity contribution >= 4 is 0 Å². The first-order chi connectivity index (χ1) is 4.50. The quantitative estimate of drug-likeness (QED) is 0.537. The molecule has 1 aromatic heterocycles. The van der Waals surface area contributed by atoms with Gasteiger partial charge in [0.1, 0.15) is 5.76 Å². The van der Waals surface area contributed by atoms with Crippen molar-refractivity contribution in [1.29, 1.82) is 0 Å². The van der Waals surface area contributed by atoms with Crippen LogP contribution in [0.15, 0.2) is 16.7 Å². The molecule has 0 aliphatic rings. The Kier molecular flexibility index (Phi) is 1.59. The van der Waals surface area contributed by atoms with Gasteiger partial charge in [-0.25, -0.2) is 0 Å². The summed E-state index contributed by atoms with van der Waals surface area (Å²) >= 11 is 0. The van der Waals surface area contributed by atoms with Crippen LogP contribution >= 0.6 is 0 Å². The van der Waals surface area contributed by atoms with E-state index < -0.39 is 0 Å². The van der Waals surface area contributed by atoms with Crippen LogP contribution in [0.2, 0.25) is 0 Å². The first-order valence-corrected chi connectivity index (χ1v) is 3.56. The van der Waals surface area contributed by atoms with E-state index in [1.807, 2.05) is 13.2 Å². The molecule has 0 N–H and O–H groups in total. The molecular weight excluding hydrogens is 124 g/mol. The van der Waals surface area contributed by atoms with E-state index in [1.165, 1.54) is 5.56 Å². The SMILES string of the molecule is Cc1cc(C(C)(C)C)co1. The van der Waals surface area contributed by atoms with E-state index in [9.17, 15) is 0 Å². The normalized spacial score (nSPS) is 12.0. The zero-order chi connectivity index (χ0) is 7.78. The zero-order valence-corrected chi connectivity index (χ0v) is 7.06. The summed E-state index contributed by atoms with van der Waals surface area (Å²) in [7, 11) is 0. The van der Waals surface area contributed by atoms with Gasteiger partial charge >= 0.3 is 0 Å². The van der Waals surface area contributed by atoms with Gasteiger partial charge in [0.05, 0.1) is 6.26 Å². The van der Waals surface area contributed by atoms with Crippen LogP contribution in [0.5, 0.6) is 0 Å². The third-order valence-corrected chi connectivity index (χ3v) is 1.60. The van der Waals surface area contributed by atoms with Crippen LogP contribution in [0, 0.1) is 6.92 Å². The van der Waals surface area contributed by atoms with Gasteiger partial charge in [-0.1, -0.05) is 20.8 Å². The summed E-state index contributed by atoms with van der Waals surface area (Å²) in [6.45, 7) is 8.50. The van der Waals surface area contributed by atoms with Crippen molar-refractivity contribution in [3.8, 4) is 0 Å². The molecule has 1 rings (SSSR count). The van der Waals surface area contributed by atoms with E-state index in [-0.39, 0.29) is 5.41 Å². The lowest BCUT2D eigenvalue weighted by molar-refractivity contribution is 0.516. The van der Waals surface area contributed by atoms with Gasteiger partial charge in [0.15, 0.2) is 0 Å². The van der Waals surface area contributed by atoms with Gasteiger partial charge in [0.2, 0.25) is 0 Å². The van der Waals surface area contributed by atoms with E-state index >= 15 is 0 Å². The van der Waals surface area contributed by atoms with Crippen LogP contribution in [0.1, 0.15) is 32.1 Å². The van der Waals surface area contributed by atoms with Crippen molar-refractivity contribution in [2.24, 2.45) is 0 Å². The van der Waals surface area contributed by atoms with Crippen LogP contribution in [-0.4, -0.2) is 0 Å². The van der Waals surface area contributed by atoms with Crippen LogP contribution in [0.3, 0.4) is 0 Å². The molecule has 0 aliphatic carbocycles. The van der Waals surface area contributed by atoms with Crippen molar-refractivity contribution in [2.75, 3.05) is 0 Å². The number of aryl methyl sites for hydroxylation is 1. The minimum Gasteiger partial charge on any atom is -0.469 e. The second-order valence-electron chi connectivity index (χ2n) is 3.70. The Morgan fingerprint density at radius 2 is 1.90 bits per heavy atom. The summed E-state index contributed by atoms with van der Waals surface area (Å²) < 4.78 is 5.19. The topological polar surface area (TPSA) is 13.1 Å². The molecule has 10 heavy (non-hydrogen) atoms. The van der Waals surface area contributed by atoms with Gasteiger partial charge in [0.25, 0.3) is 0 Å². The molecule has 0 aliphatic heterocycles. The molecule has 0 saturated carbocycles. The Balaban J connectivity index is 2.96. The molecule has 56 valence electrons. The highest BCUT2D eigenvalue weighted by Crippen LogP contribution is 2.23. The maximum Gasteiger partial charge on any atom is 0.100 e. The van der Waals surface area contributed by atoms with E-state index in [4.69, 9.17) is 4.42 Å². The average Bonchev–Trinajstić information content (AvgIpc) is 2.11. The number of hydrogen-bond donors (Lipinski definition) is 0. The highest BCUT2D eigenvalue weighted by Gasteiger charge is 2.14. The van der Waals surface area contributed by atoms with Crippen molar-refractivity contribution in [2.45, 2.75) is 33.1 Å². The lowest BCUT2D eigenvalue weighted by Gasteiger charge is -2.14. The monoisotopic (exact) mass is 138 g/mol. The maximum absolute atomic E-state index is 5.19. The van der Waals surface area contributed by atoms with Crippen molar-refractivity contribution < 1.29 is 4.42 Å². The molecule has 0 spiro atoms. The minimum atomic E-state index is 0.220. The molecule has 0 aromatic carbocycles. The number of furan rings is 1. The first kappa shape index (κ1) is 7.39. The number of hydrogen-bond acceptors (Lipinski definition) is 1. The Bertz CT molecular complexity index is 215. The largest absolute Gasteiger partial charge is 0.469 e. The van der Waals surface area contributed by atoms with Gasteiger partial charge in [-0.05, 0) is 24.0 Å². The summed E-state index contributed by atoms with van der Waals surface area (Å²) in [5.74, 6) is 0.991. The van der Waals surface area contributed by atoms with E-state index in [1.54, 1.807) is 0 Å². The summed E-state index contributed by atoms with van der Waals surface area (Å²) in [6, 6.07) is 2.08. The van der Waals surface area contributed by atoms with Crippen LogP contribution in [-0.2, 0) is 5.41 Å². The third kappa shape index (κ3) is 1.41. The molecule has 0 bridgehead atoms. The van der Waals surface area contributed by atoms with Crippen molar-refractivity contribution in [1.82, 2.24) is 0 Å². The van der Waals surface area contributed by atoms with Crippen molar-refractivity contribution in [3.05, 3.63) is 23.7 Å². The fourth-order valence-corrected chi connectivity index (χ4v) is 0.837. The smallest absolute Gasteiger partial charge is 0.100 e. The molecule has 0 fully saturated rings. The second kappa shape index (κ2) is 2.15. The van der Waals surface area contributed by atoms with E-state index in [0.29, 0.717) is 0 Å². The first-order valence-electron chi connectivity index (χ1n) is 3.56. The van der Waals surface area contributed by atoms with Crippen LogP contribution in [0.4, 0.5) is 0 Å². The summed E-state index contributed by atoms with van der Waals surface area (Å²) in [6.07, 6.45) is 1.83. The standard InChI is InChI=1S/C9H14O/c1-7-5-8(6-10-7)9(2,3)4/h5-6H,1-4H3. The molecule has 0 radical (unpaired) electrons. The maximum atomic E-state index is 5.19. The van der Waals surface area contributed by atoms with Crippen LogP contribution in [0.25, 0.3) is 0 Å². The molecule has 0 saturated heterocycles. The van der Waals surface area contributed by atoms with Gasteiger partial charge in [0, 0.05) is 0 Å². The molecule has 1 heterocycles. The second-order valence-corrected chi connectivity index (χ2v) is 3.70.